The second-order valence-corrected chi connectivity index (χ2v) is 7.78. The molecule has 1 heterocycles. The molecule has 0 bridgehead atoms. The minimum atomic E-state index is -0.457. The zero-order chi connectivity index (χ0) is 18.4. The van der Waals surface area contributed by atoms with Crippen LogP contribution in [0.2, 0.25) is 0 Å². The van der Waals surface area contributed by atoms with Gasteiger partial charge in [0.15, 0.2) is 0 Å². The quantitative estimate of drug-likeness (QED) is 0.713. The van der Waals surface area contributed by atoms with Crippen LogP contribution in [0, 0.1) is 5.92 Å². The number of carbonyl (C=O) groups excluding carboxylic acids is 2. The normalized spacial score (nSPS) is 21.3. The number of ether oxygens (including phenoxy) is 2. The number of carbonyl (C=O) groups is 2. The molecule has 140 valence electrons. The van der Waals surface area contributed by atoms with Crippen molar-refractivity contribution in [3.63, 3.8) is 0 Å². The van der Waals surface area contributed by atoms with Crippen LogP contribution in [0.15, 0.2) is 23.3 Å². The molecule has 0 saturated heterocycles. The zero-order valence-electron chi connectivity index (χ0n) is 16.0. The van der Waals surface area contributed by atoms with Gasteiger partial charge < -0.3 is 14.4 Å². The van der Waals surface area contributed by atoms with Gasteiger partial charge in [-0.25, -0.2) is 4.79 Å². The Balaban J connectivity index is 1.85. The van der Waals surface area contributed by atoms with E-state index in [1.807, 2.05) is 27.7 Å². The van der Waals surface area contributed by atoms with Crippen LogP contribution in [-0.4, -0.2) is 42.3 Å². The smallest absolute Gasteiger partial charge is 0.410 e. The molecular formula is C20H31NO4. The molecule has 5 heteroatoms. The first-order chi connectivity index (χ1) is 11.8. The number of hydrogen-bond acceptors (Lipinski definition) is 4. The van der Waals surface area contributed by atoms with Crippen molar-refractivity contribution < 1.29 is 19.1 Å². The fourth-order valence-corrected chi connectivity index (χ4v) is 3.27. The first-order valence-electron chi connectivity index (χ1n) is 9.30. The van der Waals surface area contributed by atoms with Crippen LogP contribution >= 0.6 is 0 Å². The van der Waals surface area contributed by atoms with Crippen LogP contribution in [-0.2, 0) is 14.3 Å². The molecule has 25 heavy (non-hydrogen) atoms. The number of esters is 1. The molecule has 0 N–H and O–H groups in total. The Labute approximate surface area is 151 Å². The maximum atomic E-state index is 12.1. The van der Waals surface area contributed by atoms with Gasteiger partial charge in [-0.1, -0.05) is 12.2 Å². The van der Waals surface area contributed by atoms with E-state index in [2.05, 4.69) is 12.2 Å². The second kappa shape index (κ2) is 8.54. The molecule has 0 aromatic rings. The molecule has 1 unspecified atom stereocenters. The van der Waals surface area contributed by atoms with Crippen molar-refractivity contribution in [2.75, 3.05) is 19.7 Å². The van der Waals surface area contributed by atoms with Gasteiger partial charge in [0.05, 0.1) is 6.61 Å². The van der Waals surface area contributed by atoms with E-state index >= 15 is 0 Å². The molecule has 1 atom stereocenters. The fourth-order valence-electron chi connectivity index (χ4n) is 3.27. The number of nitrogens with zero attached hydrogens (tertiary/aromatic N) is 1. The highest BCUT2D eigenvalue weighted by Gasteiger charge is 2.25. The molecule has 0 saturated carbocycles. The topological polar surface area (TPSA) is 55.8 Å². The van der Waals surface area contributed by atoms with E-state index in [-0.39, 0.29) is 12.1 Å². The van der Waals surface area contributed by atoms with E-state index in [1.54, 1.807) is 4.90 Å². The summed E-state index contributed by atoms with van der Waals surface area (Å²) < 4.78 is 10.5. The lowest BCUT2D eigenvalue weighted by atomic mass is 9.83. The van der Waals surface area contributed by atoms with E-state index in [0.717, 1.165) is 25.7 Å². The summed E-state index contributed by atoms with van der Waals surface area (Å²) in [5.74, 6) is 0.305. The van der Waals surface area contributed by atoms with E-state index in [1.165, 1.54) is 11.1 Å². The molecule has 2 aliphatic rings. The van der Waals surface area contributed by atoms with E-state index < -0.39 is 5.60 Å². The van der Waals surface area contributed by atoms with Crippen molar-refractivity contribution in [1.29, 1.82) is 0 Å². The SMILES string of the molecule is CCOC(=O)CC1CC=C(C2=CCN(C(=O)OC(C)(C)C)CC2)CC1. The molecule has 5 nitrogen and oxygen atoms in total. The van der Waals surface area contributed by atoms with E-state index in [4.69, 9.17) is 9.47 Å². The van der Waals surface area contributed by atoms with Crippen molar-refractivity contribution in [3.05, 3.63) is 23.3 Å². The standard InChI is InChI=1S/C20H31NO4/c1-5-24-18(22)14-15-6-8-16(9-7-15)17-10-12-21(13-11-17)19(23)25-20(2,3)4/h8,10,15H,5-7,9,11-14H2,1-4H3. The average Bonchev–Trinajstić information content (AvgIpc) is 2.54. The first-order valence-corrected chi connectivity index (χ1v) is 9.30. The molecule has 1 aliphatic heterocycles. The third kappa shape index (κ3) is 6.22. The highest BCUT2D eigenvalue weighted by atomic mass is 16.6. The van der Waals surface area contributed by atoms with Gasteiger partial charge in [0, 0.05) is 19.5 Å². The summed E-state index contributed by atoms with van der Waals surface area (Å²) in [4.78, 5) is 25.5. The zero-order valence-corrected chi connectivity index (χ0v) is 16.0. The Hall–Kier alpha value is -1.78. The third-order valence-corrected chi connectivity index (χ3v) is 4.55. The predicted octanol–water partition coefficient (Wildman–Crippen LogP) is 4.23. The summed E-state index contributed by atoms with van der Waals surface area (Å²) in [5.41, 5.74) is 2.26. The summed E-state index contributed by atoms with van der Waals surface area (Å²) in [6.07, 6.45) is 8.51. The fraction of sp³-hybridized carbons (Fsp3) is 0.700. The number of amides is 1. The number of rotatable bonds is 4. The summed E-state index contributed by atoms with van der Waals surface area (Å²) in [6, 6.07) is 0. The summed E-state index contributed by atoms with van der Waals surface area (Å²) >= 11 is 0. The molecule has 0 spiro atoms. The van der Waals surface area contributed by atoms with Crippen LogP contribution in [0.3, 0.4) is 0 Å². The number of hydrogen-bond donors (Lipinski definition) is 0. The van der Waals surface area contributed by atoms with Crippen LogP contribution in [0.25, 0.3) is 0 Å². The highest BCUT2D eigenvalue weighted by Crippen LogP contribution is 2.32. The largest absolute Gasteiger partial charge is 0.466 e. The van der Waals surface area contributed by atoms with Gasteiger partial charge >= 0.3 is 12.1 Å². The van der Waals surface area contributed by atoms with E-state index in [0.29, 0.717) is 32.0 Å². The minimum absolute atomic E-state index is 0.0887. The Morgan fingerprint density at radius 3 is 2.44 bits per heavy atom. The Kier molecular flexibility index (Phi) is 6.68. The van der Waals surface area contributed by atoms with Gasteiger partial charge in [0.25, 0.3) is 0 Å². The van der Waals surface area contributed by atoms with Crippen molar-refractivity contribution >= 4 is 12.1 Å². The van der Waals surface area contributed by atoms with Crippen molar-refractivity contribution in [2.24, 2.45) is 5.92 Å². The monoisotopic (exact) mass is 349 g/mol. The van der Waals surface area contributed by atoms with Gasteiger partial charge in [-0.2, -0.15) is 0 Å². The van der Waals surface area contributed by atoms with Gasteiger partial charge in [-0.3, -0.25) is 4.79 Å². The molecule has 0 aromatic carbocycles. The maximum absolute atomic E-state index is 12.1. The summed E-state index contributed by atoms with van der Waals surface area (Å²) in [7, 11) is 0. The maximum Gasteiger partial charge on any atom is 0.410 e. The molecule has 2 rings (SSSR count). The van der Waals surface area contributed by atoms with Crippen LogP contribution in [0.5, 0.6) is 0 Å². The van der Waals surface area contributed by atoms with Crippen LogP contribution in [0.1, 0.15) is 59.8 Å². The van der Waals surface area contributed by atoms with Crippen LogP contribution in [0.4, 0.5) is 4.79 Å². The lowest BCUT2D eigenvalue weighted by Crippen LogP contribution is -2.39. The van der Waals surface area contributed by atoms with Gasteiger partial charge in [-0.05, 0) is 70.4 Å². The molecule has 0 radical (unpaired) electrons. The van der Waals surface area contributed by atoms with Gasteiger partial charge in [-0.15, -0.1) is 0 Å². The molecular weight excluding hydrogens is 318 g/mol. The van der Waals surface area contributed by atoms with Crippen molar-refractivity contribution in [2.45, 2.75) is 65.4 Å². The minimum Gasteiger partial charge on any atom is -0.466 e. The summed E-state index contributed by atoms with van der Waals surface area (Å²) in [6.45, 7) is 9.25. The lowest BCUT2D eigenvalue weighted by Gasteiger charge is -2.31. The van der Waals surface area contributed by atoms with Gasteiger partial charge in [0.1, 0.15) is 5.60 Å². The number of allylic oxidation sites excluding steroid dienone is 2. The van der Waals surface area contributed by atoms with Crippen LogP contribution < -0.4 is 0 Å². The summed E-state index contributed by atoms with van der Waals surface area (Å²) in [5, 5.41) is 0. The molecule has 1 amide bonds. The van der Waals surface area contributed by atoms with E-state index in [9.17, 15) is 9.59 Å². The highest BCUT2D eigenvalue weighted by molar-refractivity contribution is 5.70. The first kappa shape index (κ1) is 19.5. The molecule has 0 aromatic heterocycles. The Bertz CT molecular complexity index is 557. The molecule has 0 fully saturated rings. The van der Waals surface area contributed by atoms with Crippen molar-refractivity contribution in [3.8, 4) is 0 Å². The Morgan fingerprint density at radius 1 is 1.20 bits per heavy atom. The second-order valence-electron chi connectivity index (χ2n) is 7.78. The average molecular weight is 349 g/mol. The predicted molar refractivity (Wildman–Crippen MR) is 97.2 cm³/mol. The van der Waals surface area contributed by atoms with Gasteiger partial charge in [0.2, 0.25) is 0 Å². The van der Waals surface area contributed by atoms with Crippen molar-refractivity contribution in [1.82, 2.24) is 4.90 Å². The Morgan fingerprint density at radius 2 is 1.92 bits per heavy atom. The molecule has 1 aliphatic carbocycles. The lowest BCUT2D eigenvalue weighted by molar-refractivity contribution is -0.144. The third-order valence-electron chi connectivity index (χ3n) is 4.55.